The SMILES string of the molecule is C#Cc1cc(Nc2nccc(Oc3c(CC)cc(N)c4ccccc34)n2)cc(C(=O)NCCOCCOCCOCCOC)c1. The van der Waals surface area contributed by atoms with Crippen molar-refractivity contribution in [3.63, 3.8) is 0 Å². The number of carbonyl (C=O) groups is 1. The Labute approximate surface area is 263 Å². The highest BCUT2D eigenvalue weighted by Crippen LogP contribution is 2.37. The lowest BCUT2D eigenvalue weighted by Gasteiger charge is -2.15. The van der Waals surface area contributed by atoms with E-state index in [1.165, 1.54) is 0 Å². The lowest BCUT2D eigenvalue weighted by Crippen LogP contribution is -2.27. The third-order valence-electron chi connectivity index (χ3n) is 6.65. The van der Waals surface area contributed by atoms with Crippen molar-refractivity contribution in [3.8, 4) is 24.0 Å². The molecule has 3 aromatic carbocycles. The maximum absolute atomic E-state index is 12.9. The predicted octanol–water partition coefficient (Wildman–Crippen LogP) is 4.72. The Morgan fingerprint density at radius 2 is 1.64 bits per heavy atom. The molecule has 0 unspecified atom stereocenters. The number of terminal acetylenes is 1. The van der Waals surface area contributed by atoms with Crippen molar-refractivity contribution in [3.05, 3.63) is 77.5 Å². The predicted molar refractivity (Wildman–Crippen MR) is 174 cm³/mol. The highest BCUT2D eigenvalue weighted by Gasteiger charge is 2.14. The summed E-state index contributed by atoms with van der Waals surface area (Å²) >= 11 is 0. The first-order valence-electron chi connectivity index (χ1n) is 14.7. The average Bonchev–Trinajstić information content (AvgIpc) is 3.06. The number of amides is 1. The number of nitrogens with zero attached hydrogens (tertiary/aromatic N) is 2. The Morgan fingerprint density at radius 1 is 0.933 bits per heavy atom. The highest BCUT2D eigenvalue weighted by atomic mass is 16.6. The number of aryl methyl sites for hydroxylation is 1. The van der Waals surface area contributed by atoms with Crippen LogP contribution in [0.1, 0.15) is 28.4 Å². The maximum atomic E-state index is 12.9. The van der Waals surface area contributed by atoms with Crippen LogP contribution < -0.4 is 21.1 Å². The molecule has 0 radical (unpaired) electrons. The largest absolute Gasteiger partial charge is 0.438 e. The van der Waals surface area contributed by atoms with Crippen molar-refractivity contribution in [1.82, 2.24) is 15.3 Å². The second-order valence-electron chi connectivity index (χ2n) is 9.83. The van der Waals surface area contributed by atoms with E-state index < -0.39 is 0 Å². The molecule has 0 saturated carbocycles. The standard InChI is InChI=1S/C34H39N5O6/c1-4-24-20-26(33(40)36-12-13-42-16-17-44-19-18-43-15-14-41-3)22-27(21-24)38-34-37-11-10-31(39-34)45-32-25(5-2)23-30(35)28-8-6-7-9-29(28)32/h1,6-11,20-23H,5,12-19,35H2,2-3H3,(H,36,40)(H,37,38,39). The molecule has 45 heavy (non-hydrogen) atoms. The van der Waals surface area contributed by atoms with Crippen LogP contribution in [0.4, 0.5) is 17.3 Å². The molecule has 0 aliphatic heterocycles. The third kappa shape index (κ3) is 9.89. The minimum Gasteiger partial charge on any atom is -0.438 e. The van der Waals surface area contributed by atoms with Gasteiger partial charge in [-0.3, -0.25) is 4.79 Å². The molecule has 4 N–H and O–H groups in total. The van der Waals surface area contributed by atoms with Crippen LogP contribution in [-0.4, -0.2) is 75.8 Å². The van der Waals surface area contributed by atoms with Crippen molar-refractivity contribution >= 4 is 34.0 Å². The first-order valence-corrected chi connectivity index (χ1v) is 14.7. The van der Waals surface area contributed by atoms with Crippen LogP contribution in [0.2, 0.25) is 0 Å². The number of hydrogen-bond acceptors (Lipinski definition) is 10. The van der Waals surface area contributed by atoms with Gasteiger partial charge in [-0.05, 0) is 36.2 Å². The van der Waals surface area contributed by atoms with E-state index in [1.54, 1.807) is 37.6 Å². The highest BCUT2D eigenvalue weighted by molar-refractivity contribution is 5.98. The van der Waals surface area contributed by atoms with Gasteiger partial charge in [-0.15, -0.1) is 6.42 Å². The number of fused-ring (bicyclic) bond motifs is 1. The van der Waals surface area contributed by atoms with Crippen LogP contribution in [-0.2, 0) is 25.4 Å². The summed E-state index contributed by atoms with van der Waals surface area (Å²) in [5.41, 5.74) is 9.42. The summed E-state index contributed by atoms with van der Waals surface area (Å²) in [6.45, 7) is 5.62. The lowest BCUT2D eigenvalue weighted by molar-refractivity contribution is 0.00415. The number of benzene rings is 3. The van der Waals surface area contributed by atoms with E-state index in [9.17, 15) is 4.79 Å². The molecule has 4 rings (SSSR count). The van der Waals surface area contributed by atoms with E-state index in [2.05, 4.69) is 26.5 Å². The number of anilines is 3. The Bertz CT molecular complexity index is 1610. The number of rotatable bonds is 18. The van der Waals surface area contributed by atoms with Gasteiger partial charge in [0.25, 0.3) is 5.91 Å². The zero-order valence-corrected chi connectivity index (χ0v) is 25.6. The molecule has 0 spiro atoms. The van der Waals surface area contributed by atoms with Crippen LogP contribution in [0.25, 0.3) is 10.8 Å². The van der Waals surface area contributed by atoms with Crippen LogP contribution in [0.3, 0.4) is 0 Å². The van der Waals surface area contributed by atoms with Gasteiger partial charge in [0.1, 0.15) is 5.75 Å². The normalized spacial score (nSPS) is 10.9. The van der Waals surface area contributed by atoms with Gasteiger partial charge in [-0.2, -0.15) is 4.98 Å². The monoisotopic (exact) mass is 613 g/mol. The topological polar surface area (TPSA) is 139 Å². The number of methoxy groups -OCH3 is 1. The van der Waals surface area contributed by atoms with Gasteiger partial charge < -0.3 is 40.1 Å². The molecular formula is C34H39N5O6. The molecule has 1 aromatic heterocycles. The van der Waals surface area contributed by atoms with Gasteiger partial charge in [0.15, 0.2) is 0 Å². The molecule has 0 bridgehead atoms. The Morgan fingerprint density at radius 3 is 2.36 bits per heavy atom. The molecule has 0 atom stereocenters. The fraction of sp³-hybridized carbons (Fsp3) is 0.324. The Kier molecular flexibility index (Phi) is 12.9. The number of nitrogens with two attached hydrogens (primary N) is 1. The third-order valence-corrected chi connectivity index (χ3v) is 6.65. The summed E-state index contributed by atoms with van der Waals surface area (Å²) < 4.78 is 27.5. The van der Waals surface area contributed by atoms with Crippen molar-refractivity contribution in [2.75, 3.05) is 71.0 Å². The summed E-state index contributed by atoms with van der Waals surface area (Å²) in [5, 5.41) is 7.79. The average molecular weight is 614 g/mol. The van der Waals surface area contributed by atoms with Crippen molar-refractivity contribution in [1.29, 1.82) is 0 Å². The fourth-order valence-electron chi connectivity index (χ4n) is 4.45. The molecule has 0 fully saturated rings. The van der Waals surface area contributed by atoms with Gasteiger partial charge in [-0.25, -0.2) is 4.98 Å². The molecule has 11 nitrogen and oxygen atoms in total. The van der Waals surface area contributed by atoms with Gasteiger partial charge in [-0.1, -0.05) is 37.1 Å². The van der Waals surface area contributed by atoms with Gasteiger partial charge in [0.2, 0.25) is 11.8 Å². The molecular weight excluding hydrogens is 574 g/mol. The minimum absolute atomic E-state index is 0.281. The van der Waals surface area contributed by atoms with Crippen molar-refractivity contribution in [2.24, 2.45) is 0 Å². The van der Waals surface area contributed by atoms with E-state index in [4.69, 9.17) is 35.8 Å². The van der Waals surface area contributed by atoms with Gasteiger partial charge >= 0.3 is 0 Å². The number of ether oxygens (including phenoxy) is 5. The summed E-state index contributed by atoms with van der Waals surface area (Å²) in [4.78, 5) is 21.7. The molecule has 0 aliphatic carbocycles. The maximum Gasteiger partial charge on any atom is 0.251 e. The molecule has 0 aliphatic rings. The zero-order valence-electron chi connectivity index (χ0n) is 25.6. The van der Waals surface area contributed by atoms with Crippen LogP contribution in [0.15, 0.2) is 60.8 Å². The van der Waals surface area contributed by atoms with Crippen LogP contribution in [0.5, 0.6) is 11.6 Å². The molecule has 0 saturated heterocycles. The number of aromatic nitrogens is 2. The molecule has 236 valence electrons. The summed E-state index contributed by atoms with van der Waals surface area (Å²) in [7, 11) is 1.63. The molecule has 11 heteroatoms. The zero-order chi connectivity index (χ0) is 31.9. The van der Waals surface area contributed by atoms with E-state index >= 15 is 0 Å². The molecule has 1 amide bonds. The van der Waals surface area contributed by atoms with E-state index in [0.29, 0.717) is 86.9 Å². The minimum atomic E-state index is -0.288. The Balaban J connectivity index is 1.33. The number of carbonyl (C=O) groups excluding carboxylic acids is 1. The van der Waals surface area contributed by atoms with E-state index in [1.807, 2.05) is 37.3 Å². The summed E-state index contributed by atoms with van der Waals surface area (Å²) in [5.74, 6) is 3.63. The molecule has 1 heterocycles. The number of nitrogen functional groups attached to an aromatic ring is 1. The second-order valence-corrected chi connectivity index (χ2v) is 9.83. The van der Waals surface area contributed by atoms with Gasteiger partial charge in [0.05, 0.1) is 46.2 Å². The second kappa shape index (κ2) is 17.5. The van der Waals surface area contributed by atoms with Crippen LogP contribution >= 0.6 is 0 Å². The van der Waals surface area contributed by atoms with Gasteiger partial charge in [0, 0.05) is 59.2 Å². The lowest BCUT2D eigenvalue weighted by atomic mass is 10.0. The van der Waals surface area contributed by atoms with E-state index in [-0.39, 0.29) is 11.9 Å². The molecule has 4 aromatic rings. The fourth-order valence-corrected chi connectivity index (χ4v) is 4.45. The van der Waals surface area contributed by atoms with E-state index in [0.717, 1.165) is 22.8 Å². The Hall–Kier alpha value is -4.73. The number of nitrogens with one attached hydrogen (secondary N) is 2. The first-order chi connectivity index (χ1) is 22.0. The van der Waals surface area contributed by atoms with Crippen molar-refractivity contribution < 1.29 is 28.5 Å². The number of hydrogen-bond donors (Lipinski definition) is 3. The first kappa shape index (κ1) is 33.2. The van der Waals surface area contributed by atoms with Crippen molar-refractivity contribution in [2.45, 2.75) is 13.3 Å². The smallest absolute Gasteiger partial charge is 0.251 e. The van der Waals surface area contributed by atoms with Crippen LogP contribution in [0, 0.1) is 12.3 Å². The summed E-state index contributed by atoms with van der Waals surface area (Å²) in [6.07, 6.45) is 8.01. The quantitative estimate of drug-likeness (QED) is 0.0821. The summed E-state index contributed by atoms with van der Waals surface area (Å²) in [6, 6.07) is 16.5.